The maximum atomic E-state index is 6.67. The summed E-state index contributed by atoms with van der Waals surface area (Å²) in [6.07, 6.45) is 8.89. The molecule has 0 amide bonds. The Labute approximate surface area is 183 Å². The molecule has 0 bridgehead atoms. The number of rotatable bonds is 9. The van der Waals surface area contributed by atoms with Gasteiger partial charge in [0.05, 0.1) is 31.0 Å². The van der Waals surface area contributed by atoms with Crippen LogP contribution in [0.15, 0.2) is 48.6 Å². The van der Waals surface area contributed by atoms with Gasteiger partial charge in [0.15, 0.2) is 0 Å². The summed E-state index contributed by atoms with van der Waals surface area (Å²) in [7, 11) is 4.31. The smallest absolute Gasteiger partial charge is 0.125 e. The number of hydrogen-bond acceptors (Lipinski definition) is 5. The molecular weight excluding hydrogens is 372 g/mol. The standard InChI is InChI=1S/C24H40N6/c1-18(2)28(19(3)4)15-16-29-23-14-10-9-13-22(23)27(6)24(29)17-30(25)21-12-8-7-11-20(21)26-5/h7-14,18-21,24,26H,15-17,25H2,1-6H3/p+1. The van der Waals surface area contributed by atoms with E-state index >= 15 is 0 Å². The lowest BCUT2D eigenvalue weighted by molar-refractivity contribution is -0.656. The van der Waals surface area contributed by atoms with Crippen molar-refractivity contribution in [2.45, 2.75) is 58.0 Å². The van der Waals surface area contributed by atoms with Crippen LogP contribution in [0.4, 0.5) is 11.4 Å². The van der Waals surface area contributed by atoms with E-state index in [2.05, 4.69) is 110 Å². The molecule has 0 spiro atoms. The monoisotopic (exact) mass is 413 g/mol. The van der Waals surface area contributed by atoms with Crippen molar-refractivity contribution in [3.63, 3.8) is 0 Å². The Morgan fingerprint density at radius 3 is 2.30 bits per heavy atom. The quantitative estimate of drug-likeness (QED) is 0.476. The van der Waals surface area contributed by atoms with Gasteiger partial charge in [-0.05, 0) is 45.9 Å². The van der Waals surface area contributed by atoms with E-state index in [0.29, 0.717) is 18.1 Å². The minimum Gasteiger partial charge on any atom is -0.351 e. The zero-order valence-electron chi connectivity index (χ0n) is 19.6. The van der Waals surface area contributed by atoms with E-state index in [1.807, 2.05) is 5.01 Å². The lowest BCUT2D eigenvalue weighted by Gasteiger charge is -2.39. The fraction of sp³-hybridized carbons (Fsp3) is 0.583. The van der Waals surface area contributed by atoms with Crippen LogP contribution in [0.25, 0.3) is 0 Å². The van der Waals surface area contributed by atoms with Crippen LogP contribution < -0.4 is 21.0 Å². The number of likely N-dealkylation sites (N-methyl/N-ethyl adjacent to an activating group) is 2. The Morgan fingerprint density at radius 1 is 1.03 bits per heavy atom. The van der Waals surface area contributed by atoms with Gasteiger partial charge in [0.25, 0.3) is 0 Å². The molecule has 1 aliphatic heterocycles. The van der Waals surface area contributed by atoms with Crippen LogP contribution in [-0.2, 0) is 0 Å². The fourth-order valence-corrected chi connectivity index (χ4v) is 4.92. The van der Waals surface area contributed by atoms with Gasteiger partial charge in [-0.3, -0.25) is 10.7 Å². The largest absolute Gasteiger partial charge is 0.351 e. The lowest BCUT2D eigenvalue weighted by atomic mass is 10.0. The Morgan fingerprint density at radius 2 is 1.67 bits per heavy atom. The fourth-order valence-electron chi connectivity index (χ4n) is 4.92. The number of nitrogens with zero attached hydrogens (tertiary/aromatic N) is 4. The molecule has 6 nitrogen and oxygen atoms in total. The summed E-state index contributed by atoms with van der Waals surface area (Å²) in [5.41, 5.74) is 2.60. The molecule has 166 valence electrons. The highest BCUT2D eigenvalue weighted by Gasteiger charge is 2.36. The van der Waals surface area contributed by atoms with E-state index in [9.17, 15) is 0 Å². The highest BCUT2D eigenvalue weighted by molar-refractivity contribution is 5.77. The van der Waals surface area contributed by atoms with Crippen molar-refractivity contribution in [2.75, 3.05) is 43.5 Å². The van der Waals surface area contributed by atoms with Gasteiger partial charge in [-0.25, -0.2) is 5.01 Å². The molecule has 1 aliphatic carbocycles. The number of benzene rings is 1. The van der Waals surface area contributed by atoms with E-state index < -0.39 is 0 Å². The molecular formula is C24H41N6+. The predicted molar refractivity (Wildman–Crippen MR) is 128 cm³/mol. The van der Waals surface area contributed by atoms with Gasteiger partial charge < -0.3 is 15.1 Å². The first kappa shape index (κ1) is 22.8. The van der Waals surface area contributed by atoms with Crippen molar-refractivity contribution in [2.24, 2.45) is 5.84 Å². The number of hydrazine groups is 1. The SMILES string of the molecule is C[NH2+]C1C=CC=CC1N(N)CC1N(C)c2ccccc2N1CCN(C(C)C)C(C)C. The van der Waals surface area contributed by atoms with Gasteiger partial charge in [0.2, 0.25) is 0 Å². The topological polar surface area (TPSA) is 55.6 Å². The number of allylic oxidation sites excluding steroid dienone is 2. The van der Waals surface area contributed by atoms with Crippen LogP contribution >= 0.6 is 0 Å². The zero-order chi connectivity index (χ0) is 21.8. The van der Waals surface area contributed by atoms with Crippen LogP contribution in [0, 0.1) is 0 Å². The third-order valence-corrected chi connectivity index (χ3v) is 6.59. The highest BCUT2D eigenvalue weighted by atomic mass is 15.5. The molecule has 0 saturated carbocycles. The summed E-state index contributed by atoms with van der Waals surface area (Å²) in [4.78, 5) is 7.49. The summed E-state index contributed by atoms with van der Waals surface area (Å²) in [5.74, 6) is 6.67. The molecule has 1 heterocycles. The Bertz CT molecular complexity index is 735. The van der Waals surface area contributed by atoms with E-state index in [0.717, 1.165) is 19.6 Å². The second-order valence-electron chi connectivity index (χ2n) is 9.07. The van der Waals surface area contributed by atoms with Gasteiger partial charge >= 0.3 is 0 Å². The molecule has 0 aromatic heterocycles. The van der Waals surface area contributed by atoms with Crippen LogP contribution in [0.2, 0.25) is 0 Å². The Balaban J connectivity index is 1.79. The molecule has 3 unspecified atom stereocenters. The van der Waals surface area contributed by atoms with Crippen molar-refractivity contribution in [1.29, 1.82) is 0 Å². The minimum atomic E-state index is 0.196. The van der Waals surface area contributed by atoms with Gasteiger partial charge in [-0.1, -0.05) is 30.4 Å². The number of anilines is 2. The van der Waals surface area contributed by atoms with E-state index in [1.54, 1.807) is 0 Å². The predicted octanol–water partition coefficient (Wildman–Crippen LogP) is 1.62. The van der Waals surface area contributed by atoms with Gasteiger partial charge in [0, 0.05) is 32.2 Å². The van der Waals surface area contributed by atoms with Gasteiger partial charge in [-0.2, -0.15) is 0 Å². The zero-order valence-corrected chi connectivity index (χ0v) is 19.6. The molecule has 3 atom stereocenters. The van der Waals surface area contributed by atoms with Crippen LogP contribution in [0.3, 0.4) is 0 Å². The average Bonchev–Trinajstić information content (AvgIpc) is 2.99. The second-order valence-corrected chi connectivity index (χ2v) is 9.07. The van der Waals surface area contributed by atoms with Gasteiger partial charge in [-0.15, -0.1) is 0 Å². The van der Waals surface area contributed by atoms with Crippen LogP contribution in [0.5, 0.6) is 0 Å². The van der Waals surface area contributed by atoms with Crippen LogP contribution in [-0.4, -0.2) is 74.0 Å². The molecule has 0 saturated heterocycles. The minimum absolute atomic E-state index is 0.196. The molecule has 1 aromatic carbocycles. The summed E-state index contributed by atoms with van der Waals surface area (Å²) in [6, 6.07) is 10.3. The second kappa shape index (κ2) is 9.96. The Hall–Kier alpha value is -1.86. The summed E-state index contributed by atoms with van der Waals surface area (Å²) < 4.78 is 0. The third-order valence-electron chi connectivity index (χ3n) is 6.59. The highest BCUT2D eigenvalue weighted by Crippen LogP contribution is 2.38. The maximum absolute atomic E-state index is 6.67. The summed E-state index contributed by atoms with van der Waals surface area (Å²) in [6.45, 7) is 11.9. The summed E-state index contributed by atoms with van der Waals surface area (Å²) in [5, 5.41) is 4.26. The average molecular weight is 414 g/mol. The molecule has 6 heteroatoms. The first-order valence-electron chi connectivity index (χ1n) is 11.3. The molecule has 2 aliphatic rings. The normalized spacial score (nSPS) is 23.5. The number of nitrogens with two attached hydrogens (primary N) is 2. The first-order chi connectivity index (χ1) is 14.3. The van der Waals surface area contributed by atoms with Crippen molar-refractivity contribution in [3.8, 4) is 0 Å². The Kier molecular flexibility index (Phi) is 7.58. The van der Waals surface area contributed by atoms with Gasteiger partial charge in [0.1, 0.15) is 12.2 Å². The molecule has 4 N–H and O–H groups in total. The van der Waals surface area contributed by atoms with Crippen molar-refractivity contribution < 1.29 is 5.32 Å². The number of fused-ring (bicyclic) bond motifs is 1. The number of quaternary nitrogens is 1. The lowest BCUT2D eigenvalue weighted by Crippen LogP contribution is -2.89. The molecule has 30 heavy (non-hydrogen) atoms. The van der Waals surface area contributed by atoms with Crippen molar-refractivity contribution in [1.82, 2.24) is 9.91 Å². The van der Waals surface area contributed by atoms with E-state index in [-0.39, 0.29) is 12.2 Å². The van der Waals surface area contributed by atoms with Crippen LogP contribution in [0.1, 0.15) is 27.7 Å². The number of para-hydroxylation sites is 2. The third kappa shape index (κ3) is 4.72. The van der Waals surface area contributed by atoms with Crippen molar-refractivity contribution >= 4 is 11.4 Å². The molecule has 1 aromatic rings. The summed E-state index contributed by atoms with van der Waals surface area (Å²) >= 11 is 0. The maximum Gasteiger partial charge on any atom is 0.125 e. The van der Waals surface area contributed by atoms with E-state index in [4.69, 9.17) is 5.84 Å². The molecule has 0 fully saturated rings. The number of hydrogen-bond donors (Lipinski definition) is 2. The molecule has 0 radical (unpaired) electrons. The van der Waals surface area contributed by atoms with E-state index in [1.165, 1.54) is 11.4 Å². The first-order valence-corrected chi connectivity index (χ1v) is 11.3. The molecule has 3 rings (SSSR count). The van der Waals surface area contributed by atoms with Crippen molar-refractivity contribution in [3.05, 3.63) is 48.6 Å².